The van der Waals surface area contributed by atoms with E-state index in [9.17, 15) is 0 Å². The second-order valence-electron chi connectivity index (χ2n) is 5.80. The van der Waals surface area contributed by atoms with Crippen LogP contribution in [0.2, 0.25) is 0 Å². The van der Waals surface area contributed by atoms with Gasteiger partial charge in [-0.25, -0.2) is 4.98 Å². The van der Waals surface area contributed by atoms with Crippen LogP contribution in [0.4, 0.5) is 0 Å². The van der Waals surface area contributed by atoms with Crippen LogP contribution in [0.5, 0.6) is 0 Å². The Morgan fingerprint density at radius 2 is 2.38 bits per heavy atom. The number of hydrogen-bond donors (Lipinski definition) is 1. The summed E-state index contributed by atoms with van der Waals surface area (Å²) in [5, 5.41) is 4.39. The summed E-state index contributed by atoms with van der Waals surface area (Å²) in [5.74, 6) is 0. The first kappa shape index (κ1) is 14.8. The van der Waals surface area contributed by atoms with Crippen molar-refractivity contribution < 1.29 is 0 Å². The number of nitrogens with zero attached hydrogens (tertiary/aromatic N) is 3. The van der Waals surface area contributed by atoms with E-state index in [4.69, 9.17) is 5.73 Å². The lowest BCUT2D eigenvalue weighted by atomic mass is 10.1. The molecule has 1 aliphatic carbocycles. The van der Waals surface area contributed by atoms with Crippen LogP contribution in [0.15, 0.2) is 29.4 Å². The Labute approximate surface area is 130 Å². The molecule has 0 aliphatic heterocycles. The predicted molar refractivity (Wildman–Crippen MR) is 87.2 cm³/mol. The third-order valence-corrected chi connectivity index (χ3v) is 4.87. The normalized spacial score (nSPS) is 16.5. The van der Waals surface area contributed by atoms with E-state index in [2.05, 4.69) is 38.2 Å². The molecule has 2 heterocycles. The molecule has 2 N–H and O–H groups in total. The molecule has 1 fully saturated rings. The van der Waals surface area contributed by atoms with Gasteiger partial charge in [-0.15, -0.1) is 0 Å². The third-order valence-electron chi connectivity index (χ3n) is 4.14. The Kier molecular flexibility index (Phi) is 4.73. The van der Waals surface area contributed by atoms with Crippen molar-refractivity contribution in [1.29, 1.82) is 0 Å². The van der Waals surface area contributed by atoms with Crippen LogP contribution in [0.1, 0.15) is 43.5 Å². The van der Waals surface area contributed by atoms with E-state index in [1.54, 1.807) is 11.3 Å². The molecule has 21 heavy (non-hydrogen) atoms. The molecule has 0 amide bonds. The molecule has 0 aromatic carbocycles. The highest BCUT2D eigenvalue weighted by molar-refractivity contribution is 7.07. The molecular formula is C16H24N4S. The molecule has 1 unspecified atom stereocenters. The number of aryl methyl sites for hydroxylation is 1. The zero-order chi connectivity index (χ0) is 14.7. The van der Waals surface area contributed by atoms with Crippen LogP contribution in [-0.2, 0) is 13.1 Å². The topological polar surface area (TPSA) is 47.1 Å². The molecule has 0 spiro atoms. The monoisotopic (exact) mass is 304 g/mol. The molecule has 2 aromatic heterocycles. The smallest absolute Gasteiger partial charge is 0.0948 e. The summed E-state index contributed by atoms with van der Waals surface area (Å²) in [5.41, 5.74) is 8.80. The molecule has 114 valence electrons. The van der Waals surface area contributed by atoms with Gasteiger partial charge < -0.3 is 10.3 Å². The first-order chi connectivity index (χ1) is 10.3. The maximum Gasteiger partial charge on any atom is 0.0948 e. The van der Waals surface area contributed by atoms with Crippen LogP contribution in [0.25, 0.3) is 0 Å². The molecule has 1 atom stereocenters. The molecule has 0 bridgehead atoms. The molecule has 1 aliphatic rings. The Bertz CT molecular complexity index is 544. The van der Waals surface area contributed by atoms with Gasteiger partial charge in [-0.1, -0.05) is 6.92 Å². The second-order valence-corrected chi connectivity index (χ2v) is 6.58. The Balaban J connectivity index is 1.83. The lowest BCUT2D eigenvalue weighted by molar-refractivity contribution is 0.175. The number of thiophene rings is 1. The zero-order valence-corrected chi connectivity index (χ0v) is 13.4. The first-order valence-corrected chi connectivity index (χ1v) is 8.74. The van der Waals surface area contributed by atoms with Crippen LogP contribution in [-0.4, -0.2) is 27.0 Å². The largest absolute Gasteiger partial charge is 0.333 e. The van der Waals surface area contributed by atoms with Gasteiger partial charge in [-0.2, -0.15) is 11.3 Å². The molecule has 0 saturated heterocycles. The van der Waals surface area contributed by atoms with Crippen LogP contribution < -0.4 is 5.73 Å². The van der Waals surface area contributed by atoms with Gasteiger partial charge >= 0.3 is 0 Å². The van der Waals surface area contributed by atoms with E-state index in [0.717, 1.165) is 19.5 Å². The molecular weight excluding hydrogens is 280 g/mol. The number of rotatable bonds is 8. The Morgan fingerprint density at radius 1 is 1.52 bits per heavy atom. The summed E-state index contributed by atoms with van der Waals surface area (Å²) < 4.78 is 2.26. The molecule has 2 aromatic rings. The summed E-state index contributed by atoms with van der Waals surface area (Å²) in [6.07, 6.45) is 7.65. The predicted octanol–water partition coefficient (Wildman–Crippen LogP) is 3.02. The van der Waals surface area contributed by atoms with E-state index >= 15 is 0 Å². The summed E-state index contributed by atoms with van der Waals surface area (Å²) in [6, 6.07) is 3.17. The maximum absolute atomic E-state index is 6.14. The lowest BCUT2D eigenvalue weighted by Crippen LogP contribution is -2.36. The van der Waals surface area contributed by atoms with E-state index in [0.29, 0.717) is 12.6 Å². The first-order valence-electron chi connectivity index (χ1n) is 7.80. The number of imidazole rings is 1. The number of hydrogen-bond acceptors (Lipinski definition) is 4. The molecule has 5 heteroatoms. The van der Waals surface area contributed by atoms with Gasteiger partial charge in [0.15, 0.2) is 0 Å². The van der Waals surface area contributed by atoms with Gasteiger partial charge in [-0.05, 0) is 41.7 Å². The number of aromatic nitrogens is 2. The van der Waals surface area contributed by atoms with Crippen LogP contribution >= 0.6 is 11.3 Å². The number of nitrogens with two attached hydrogens (primary N) is 1. The highest BCUT2D eigenvalue weighted by atomic mass is 32.1. The third kappa shape index (κ3) is 3.36. The van der Waals surface area contributed by atoms with Gasteiger partial charge in [0.1, 0.15) is 0 Å². The van der Waals surface area contributed by atoms with E-state index in [1.807, 2.05) is 12.5 Å². The van der Waals surface area contributed by atoms with Crippen molar-refractivity contribution in [3.63, 3.8) is 0 Å². The average molecular weight is 304 g/mol. The summed E-state index contributed by atoms with van der Waals surface area (Å²) >= 11 is 1.77. The standard InChI is InChI=1S/C16H24N4S/c1-2-6-19-12-18-9-16(19)15(8-17)20(14-3-4-14)10-13-5-7-21-11-13/h5,7,9,11-12,14-15H,2-4,6,8,10,17H2,1H3. The molecule has 3 rings (SSSR count). The second kappa shape index (κ2) is 6.73. The minimum Gasteiger partial charge on any atom is -0.333 e. The van der Waals surface area contributed by atoms with E-state index in [-0.39, 0.29) is 6.04 Å². The lowest BCUT2D eigenvalue weighted by Gasteiger charge is -2.31. The van der Waals surface area contributed by atoms with E-state index in [1.165, 1.54) is 24.1 Å². The summed E-state index contributed by atoms with van der Waals surface area (Å²) in [4.78, 5) is 6.93. The summed E-state index contributed by atoms with van der Waals surface area (Å²) in [6.45, 7) is 4.86. The Hall–Kier alpha value is -1.17. The molecule has 0 radical (unpaired) electrons. The SMILES string of the molecule is CCCn1cncc1C(CN)N(Cc1ccsc1)C1CC1. The fourth-order valence-corrected chi connectivity index (χ4v) is 3.62. The molecule has 1 saturated carbocycles. The van der Waals surface area contributed by atoms with Crippen molar-refractivity contribution in [2.45, 2.75) is 51.4 Å². The van der Waals surface area contributed by atoms with Gasteiger partial charge in [0, 0.05) is 31.9 Å². The summed E-state index contributed by atoms with van der Waals surface area (Å²) in [7, 11) is 0. The average Bonchev–Trinajstić information content (AvgIpc) is 3.01. The van der Waals surface area contributed by atoms with Gasteiger partial charge in [-0.3, -0.25) is 4.90 Å². The fourth-order valence-electron chi connectivity index (χ4n) is 2.96. The fraction of sp³-hybridized carbons (Fsp3) is 0.562. The van der Waals surface area contributed by atoms with Gasteiger partial charge in [0.2, 0.25) is 0 Å². The minimum atomic E-state index is 0.270. The van der Waals surface area contributed by atoms with Gasteiger partial charge in [0.25, 0.3) is 0 Å². The van der Waals surface area contributed by atoms with Crippen molar-refractivity contribution >= 4 is 11.3 Å². The minimum absolute atomic E-state index is 0.270. The zero-order valence-electron chi connectivity index (χ0n) is 12.6. The highest BCUT2D eigenvalue weighted by Gasteiger charge is 2.35. The molecule has 4 nitrogen and oxygen atoms in total. The van der Waals surface area contributed by atoms with Crippen LogP contribution in [0.3, 0.4) is 0 Å². The van der Waals surface area contributed by atoms with Gasteiger partial charge in [0.05, 0.1) is 18.1 Å². The van der Waals surface area contributed by atoms with Crippen molar-refractivity contribution in [3.8, 4) is 0 Å². The highest BCUT2D eigenvalue weighted by Crippen LogP contribution is 2.35. The maximum atomic E-state index is 6.14. The van der Waals surface area contributed by atoms with Crippen molar-refractivity contribution in [1.82, 2.24) is 14.5 Å². The van der Waals surface area contributed by atoms with Crippen molar-refractivity contribution in [2.24, 2.45) is 5.73 Å². The Morgan fingerprint density at radius 3 is 3.00 bits per heavy atom. The quantitative estimate of drug-likeness (QED) is 0.815. The van der Waals surface area contributed by atoms with Crippen molar-refractivity contribution in [3.05, 3.63) is 40.6 Å². The van der Waals surface area contributed by atoms with Crippen molar-refractivity contribution in [2.75, 3.05) is 6.54 Å². The van der Waals surface area contributed by atoms with Crippen LogP contribution in [0, 0.1) is 0 Å². The van der Waals surface area contributed by atoms with E-state index < -0.39 is 0 Å².